The largest absolute Gasteiger partial charge is 0.444 e. The second-order valence-electron chi connectivity index (χ2n) is 4.38. The summed E-state index contributed by atoms with van der Waals surface area (Å²) in [5.74, 6) is 0. The molecule has 1 aliphatic heterocycles. The van der Waals surface area contributed by atoms with Crippen LogP contribution in [0.4, 0.5) is 4.79 Å². The van der Waals surface area contributed by atoms with Crippen molar-refractivity contribution in [2.45, 2.75) is 6.61 Å². The van der Waals surface area contributed by atoms with Gasteiger partial charge in [-0.1, -0.05) is 29.3 Å². The van der Waals surface area contributed by atoms with Gasteiger partial charge in [-0.05, 0) is 18.2 Å². The Balaban J connectivity index is 1.67. The predicted molar refractivity (Wildman–Crippen MR) is 83.6 cm³/mol. The molecule has 0 fully saturated rings. The Morgan fingerprint density at radius 1 is 1.43 bits per heavy atom. The van der Waals surface area contributed by atoms with Gasteiger partial charge in [0.25, 0.3) is 0 Å². The lowest BCUT2D eigenvalue weighted by Gasteiger charge is -2.17. The first-order valence-electron chi connectivity index (χ1n) is 6.12. The molecule has 1 aromatic carbocycles. The van der Waals surface area contributed by atoms with Crippen LogP contribution in [-0.4, -0.2) is 22.5 Å². The van der Waals surface area contributed by atoms with Gasteiger partial charge in [0.2, 0.25) is 0 Å². The van der Waals surface area contributed by atoms with Crippen molar-refractivity contribution >= 4 is 52.9 Å². The third-order valence-electron chi connectivity index (χ3n) is 2.98. The molecule has 2 aromatic rings. The molecule has 0 unspecified atom stereocenters. The summed E-state index contributed by atoms with van der Waals surface area (Å²) >= 11 is 13.3. The van der Waals surface area contributed by atoms with E-state index in [4.69, 9.17) is 27.9 Å². The first-order chi connectivity index (χ1) is 10.1. The van der Waals surface area contributed by atoms with Crippen LogP contribution >= 0.6 is 34.5 Å². The van der Waals surface area contributed by atoms with Crippen LogP contribution < -0.4 is 9.88 Å². The van der Waals surface area contributed by atoms with Gasteiger partial charge in [0.1, 0.15) is 6.61 Å². The van der Waals surface area contributed by atoms with Crippen LogP contribution in [-0.2, 0) is 11.3 Å². The monoisotopic (exact) mass is 340 g/mol. The van der Waals surface area contributed by atoms with Crippen LogP contribution in [0.5, 0.6) is 0 Å². The van der Waals surface area contributed by atoms with Gasteiger partial charge in [-0.25, -0.2) is 9.78 Å². The van der Waals surface area contributed by atoms with Crippen LogP contribution in [0, 0.1) is 0 Å². The zero-order valence-corrected chi connectivity index (χ0v) is 13.1. The fourth-order valence-corrected chi connectivity index (χ4v) is 3.07. The molecule has 1 amide bonds. The van der Waals surface area contributed by atoms with Gasteiger partial charge < -0.3 is 4.74 Å². The number of ether oxygens (including phenoxy) is 1. The maximum Gasteiger partial charge on any atom is 0.414 e. The number of amides is 1. The van der Waals surface area contributed by atoms with Gasteiger partial charge in [0.15, 0.2) is 0 Å². The molecule has 0 saturated carbocycles. The van der Waals surface area contributed by atoms with Crippen molar-refractivity contribution in [3.8, 4) is 0 Å². The summed E-state index contributed by atoms with van der Waals surface area (Å²) in [4.78, 5) is 17.7. The maximum absolute atomic E-state index is 12.0. The molecule has 0 spiro atoms. The Labute approximate surface area is 134 Å². The van der Waals surface area contributed by atoms with Crippen LogP contribution in [0.2, 0.25) is 10.0 Å². The number of nitrogens with zero attached hydrogens (tertiary/aromatic N) is 2. The van der Waals surface area contributed by atoms with Crippen molar-refractivity contribution in [2.75, 3.05) is 6.54 Å². The SMILES string of the molecule is O=C(OCc1ccc(Cl)cc1Cl)N1C=c2scnc2=CC1. The summed E-state index contributed by atoms with van der Waals surface area (Å²) in [6.07, 6.45) is 3.22. The summed E-state index contributed by atoms with van der Waals surface area (Å²) in [6.45, 7) is 0.554. The minimum atomic E-state index is -0.420. The second-order valence-corrected chi connectivity index (χ2v) is 6.11. The first kappa shape index (κ1) is 14.4. The molecule has 0 N–H and O–H groups in total. The number of fused-ring (bicyclic) bond motifs is 1. The third-order valence-corrected chi connectivity index (χ3v) is 4.35. The molecule has 21 heavy (non-hydrogen) atoms. The highest BCUT2D eigenvalue weighted by molar-refractivity contribution is 7.07. The van der Waals surface area contributed by atoms with E-state index in [2.05, 4.69) is 4.98 Å². The minimum absolute atomic E-state index is 0.106. The van der Waals surface area contributed by atoms with E-state index >= 15 is 0 Å². The number of hydrogen-bond acceptors (Lipinski definition) is 4. The van der Waals surface area contributed by atoms with Crippen LogP contribution in [0.25, 0.3) is 12.3 Å². The summed E-state index contributed by atoms with van der Waals surface area (Å²) in [5.41, 5.74) is 2.47. The van der Waals surface area contributed by atoms with Crippen molar-refractivity contribution in [3.05, 3.63) is 49.2 Å². The van der Waals surface area contributed by atoms with Crippen molar-refractivity contribution in [2.24, 2.45) is 0 Å². The minimum Gasteiger partial charge on any atom is -0.444 e. The fraction of sp³-hybridized carbons (Fsp3) is 0.143. The molecule has 3 rings (SSSR count). The lowest BCUT2D eigenvalue weighted by Crippen LogP contribution is -2.37. The lowest BCUT2D eigenvalue weighted by atomic mass is 10.2. The van der Waals surface area contributed by atoms with Crippen molar-refractivity contribution in [1.82, 2.24) is 9.88 Å². The average molecular weight is 341 g/mol. The molecular formula is C14H10Cl2N2O2S. The molecular weight excluding hydrogens is 331 g/mol. The lowest BCUT2D eigenvalue weighted by molar-refractivity contribution is 0.118. The van der Waals surface area contributed by atoms with E-state index in [0.717, 1.165) is 9.88 Å². The molecule has 108 valence electrons. The summed E-state index contributed by atoms with van der Waals surface area (Å²) in [5, 5.41) is 1.94. The van der Waals surface area contributed by atoms with Gasteiger partial charge in [0, 0.05) is 28.4 Å². The predicted octanol–water partition coefficient (Wildman–Crippen LogP) is 2.62. The van der Waals surface area contributed by atoms with Gasteiger partial charge in [0.05, 0.1) is 15.4 Å². The number of rotatable bonds is 2. The number of hydrogen-bond donors (Lipinski definition) is 0. The number of carbonyl (C=O) groups is 1. The van der Waals surface area contributed by atoms with Gasteiger partial charge in [-0.2, -0.15) is 0 Å². The van der Waals surface area contributed by atoms with E-state index in [9.17, 15) is 4.79 Å². The number of benzene rings is 1. The molecule has 0 atom stereocenters. The van der Waals surface area contributed by atoms with E-state index in [0.29, 0.717) is 22.2 Å². The van der Waals surface area contributed by atoms with Gasteiger partial charge >= 0.3 is 6.09 Å². The van der Waals surface area contributed by atoms with Crippen molar-refractivity contribution < 1.29 is 9.53 Å². The molecule has 2 heterocycles. The van der Waals surface area contributed by atoms with Crippen LogP contribution in [0.3, 0.4) is 0 Å². The van der Waals surface area contributed by atoms with Gasteiger partial charge in [-0.3, -0.25) is 4.90 Å². The molecule has 4 nitrogen and oxygen atoms in total. The van der Waals surface area contributed by atoms with Crippen LogP contribution in [0.15, 0.2) is 23.7 Å². The smallest absolute Gasteiger partial charge is 0.414 e. The average Bonchev–Trinajstić information content (AvgIpc) is 2.93. The van der Waals surface area contributed by atoms with E-state index in [1.54, 1.807) is 29.9 Å². The molecule has 0 saturated heterocycles. The Kier molecular flexibility index (Phi) is 4.14. The Bertz CT molecular complexity index is 804. The number of thiazole rings is 1. The Morgan fingerprint density at radius 2 is 2.29 bits per heavy atom. The molecule has 0 radical (unpaired) electrons. The summed E-state index contributed by atoms with van der Waals surface area (Å²) in [7, 11) is 0. The van der Waals surface area contributed by atoms with E-state index in [-0.39, 0.29) is 6.61 Å². The van der Waals surface area contributed by atoms with E-state index in [1.807, 2.05) is 6.08 Å². The number of halogens is 2. The van der Waals surface area contributed by atoms with Crippen LogP contribution in [0.1, 0.15) is 5.56 Å². The fourth-order valence-electron chi connectivity index (χ4n) is 1.88. The third kappa shape index (κ3) is 3.20. The summed E-state index contributed by atoms with van der Waals surface area (Å²) < 4.78 is 6.22. The highest BCUT2D eigenvalue weighted by atomic mass is 35.5. The van der Waals surface area contributed by atoms with Crippen molar-refractivity contribution in [3.63, 3.8) is 0 Å². The van der Waals surface area contributed by atoms with Crippen molar-refractivity contribution in [1.29, 1.82) is 0 Å². The molecule has 7 heteroatoms. The van der Waals surface area contributed by atoms with E-state index < -0.39 is 6.09 Å². The summed E-state index contributed by atoms with van der Waals surface area (Å²) in [6, 6.07) is 5.07. The van der Waals surface area contributed by atoms with Gasteiger partial charge in [-0.15, -0.1) is 11.3 Å². The highest BCUT2D eigenvalue weighted by Crippen LogP contribution is 2.21. The Hall–Kier alpha value is -1.56. The zero-order chi connectivity index (χ0) is 14.8. The first-order valence-corrected chi connectivity index (χ1v) is 7.76. The standard InChI is InChI=1S/C14H10Cl2N2O2S/c15-10-2-1-9(11(16)5-10)7-20-14(19)18-4-3-12-13(6-18)21-8-17-12/h1-3,5-6,8H,4,7H2. The number of aromatic nitrogens is 1. The highest BCUT2D eigenvalue weighted by Gasteiger charge is 2.15. The normalized spacial score (nSPS) is 13.1. The molecule has 1 aromatic heterocycles. The molecule has 0 aliphatic carbocycles. The number of carbonyl (C=O) groups excluding carboxylic acids is 1. The Morgan fingerprint density at radius 3 is 3.10 bits per heavy atom. The zero-order valence-electron chi connectivity index (χ0n) is 10.8. The second kappa shape index (κ2) is 6.05. The maximum atomic E-state index is 12.0. The molecule has 0 bridgehead atoms. The van der Waals surface area contributed by atoms with E-state index in [1.165, 1.54) is 16.2 Å². The molecule has 1 aliphatic rings. The topological polar surface area (TPSA) is 42.4 Å². The quantitative estimate of drug-likeness (QED) is 0.843.